The van der Waals surface area contributed by atoms with E-state index in [1.54, 1.807) is 24.4 Å². The molecule has 2 heterocycles. The Morgan fingerprint density at radius 1 is 1.09 bits per heavy atom. The Morgan fingerprint density at radius 3 is 2.50 bits per heavy atom. The number of amides is 3. The van der Waals surface area contributed by atoms with Crippen molar-refractivity contribution in [3.05, 3.63) is 75.5 Å². The van der Waals surface area contributed by atoms with Gasteiger partial charge in [-0.3, -0.25) is 4.79 Å². The number of halogens is 1. The Morgan fingerprint density at radius 2 is 1.81 bits per heavy atom. The van der Waals surface area contributed by atoms with Crippen molar-refractivity contribution >= 4 is 34.6 Å². The molecule has 3 N–H and O–H groups in total. The van der Waals surface area contributed by atoms with Gasteiger partial charge in [0, 0.05) is 53.5 Å². The molecule has 0 radical (unpaired) electrons. The number of likely N-dealkylation sites (tertiary alicyclic amines) is 1. The Kier molecular flexibility index (Phi) is 6.32. The van der Waals surface area contributed by atoms with Crippen molar-refractivity contribution in [2.75, 3.05) is 13.1 Å². The number of carbonyl (C=O) groups excluding carboxylic acids is 1. The molecule has 4 rings (SSSR count). The minimum absolute atomic E-state index is 0.0596. The van der Waals surface area contributed by atoms with E-state index >= 15 is 0 Å². The van der Waals surface area contributed by atoms with Crippen LogP contribution in [0.3, 0.4) is 0 Å². The van der Waals surface area contributed by atoms with Gasteiger partial charge < -0.3 is 25.2 Å². The molecule has 1 aromatic heterocycles. The molecular weight excluding hydrogens is 432 g/mol. The van der Waals surface area contributed by atoms with E-state index in [4.69, 9.17) is 16.7 Å². The average Bonchev–Trinajstić information content (AvgIpc) is 2.79. The molecule has 166 valence electrons. The van der Waals surface area contributed by atoms with Crippen LogP contribution < -0.4 is 16.1 Å². The van der Waals surface area contributed by atoms with Crippen LogP contribution in [0.2, 0.25) is 5.02 Å². The molecule has 0 aliphatic carbocycles. The number of hydrogen-bond acceptors (Lipinski definition) is 3. The fraction of sp³-hybridized carbons (Fsp3) is 0.261. The molecular formula is C23H23ClN4O4. The Labute approximate surface area is 189 Å². The molecule has 0 spiro atoms. The van der Waals surface area contributed by atoms with Gasteiger partial charge in [-0.25, -0.2) is 9.59 Å². The van der Waals surface area contributed by atoms with E-state index in [0.717, 1.165) is 5.69 Å². The lowest BCUT2D eigenvalue weighted by molar-refractivity contribution is 0.129. The van der Waals surface area contributed by atoms with E-state index in [1.165, 1.54) is 4.90 Å². The van der Waals surface area contributed by atoms with Crippen LogP contribution in [0.15, 0.2) is 59.5 Å². The molecule has 8 nitrogen and oxygen atoms in total. The summed E-state index contributed by atoms with van der Waals surface area (Å²) in [6.07, 6.45) is 1.89. The number of fused-ring (bicyclic) bond motifs is 1. The quantitative estimate of drug-likeness (QED) is 0.560. The topological polar surface area (TPSA) is 104 Å². The predicted octanol–water partition coefficient (Wildman–Crippen LogP) is 3.59. The summed E-state index contributed by atoms with van der Waals surface area (Å²) < 4.78 is 1.89. The van der Waals surface area contributed by atoms with Gasteiger partial charge in [0.2, 0.25) is 0 Å². The number of rotatable bonds is 4. The average molecular weight is 455 g/mol. The van der Waals surface area contributed by atoms with Crippen LogP contribution in [0.5, 0.6) is 0 Å². The number of nitrogens with one attached hydrogen (secondary N) is 2. The third kappa shape index (κ3) is 4.70. The number of hydrogen-bond donors (Lipinski definition) is 3. The van der Waals surface area contributed by atoms with Crippen LogP contribution in [0.25, 0.3) is 16.6 Å². The second-order valence-electron chi connectivity index (χ2n) is 7.72. The lowest BCUT2D eigenvalue weighted by Gasteiger charge is -2.30. The van der Waals surface area contributed by atoms with Gasteiger partial charge in [-0.15, -0.1) is 0 Å². The fourth-order valence-electron chi connectivity index (χ4n) is 3.91. The highest BCUT2D eigenvalue weighted by atomic mass is 35.5. The summed E-state index contributed by atoms with van der Waals surface area (Å²) in [5, 5.41) is 15.7. The van der Waals surface area contributed by atoms with E-state index in [9.17, 15) is 14.4 Å². The molecule has 1 saturated heterocycles. The number of carbonyl (C=O) groups is 2. The van der Waals surface area contributed by atoms with Gasteiger partial charge in [-0.2, -0.15) is 0 Å². The molecule has 2 aromatic carbocycles. The van der Waals surface area contributed by atoms with Gasteiger partial charge in [0.05, 0.1) is 5.52 Å². The highest BCUT2D eigenvalue weighted by Gasteiger charge is 2.23. The van der Waals surface area contributed by atoms with E-state index < -0.39 is 6.09 Å². The summed E-state index contributed by atoms with van der Waals surface area (Å²) in [5.41, 5.74) is 1.83. The van der Waals surface area contributed by atoms with Crippen molar-refractivity contribution < 1.29 is 14.7 Å². The number of carboxylic acid groups (broad SMARTS) is 1. The van der Waals surface area contributed by atoms with E-state index in [-0.39, 0.29) is 24.0 Å². The second kappa shape index (κ2) is 9.32. The number of benzene rings is 2. The lowest BCUT2D eigenvalue weighted by Crippen LogP contribution is -2.48. The van der Waals surface area contributed by atoms with Crippen molar-refractivity contribution in [2.45, 2.75) is 25.4 Å². The number of nitrogens with zero attached hydrogens (tertiary/aromatic N) is 2. The number of urea groups is 1. The fourth-order valence-corrected chi connectivity index (χ4v) is 4.07. The highest BCUT2D eigenvalue weighted by Crippen LogP contribution is 2.21. The van der Waals surface area contributed by atoms with Crippen molar-refractivity contribution in [3.63, 3.8) is 0 Å². The summed E-state index contributed by atoms with van der Waals surface area (Å²) >= 11 is 6.18. The van der Waals surface area contributed by atoms with Crippen molar-refractivity contribution in [1.82, 2.24) is 20.1 Å². The number of pyridine rings is 1. The summed E-state index contributed by atoms with van der Waals surface area (Å²) in [6.45, 7) is 0.828. The summed E-state index contributed by atoms with van der Waals surface area (Å²) in [4.78, 5) is 37.8. The highest BCUT2D eigenvalue weighted by molar-refractivity contribution is 6.31. The Balaban J connectivity index is 1.52. The van der Waals surface area contributed by atoms with Crippen molar-refractivity contribution in [2.24, 2.45) is 0 Å². The summed E-state index contributed by atoms with van der Waals surface area (Å²) in [5.74, 6) is 0. The van der Waals surface area contributed by atoms with Gasteiger partial charge in [0.15, 0.2) is 5.43 Å². The molecule has 32 heavy (non-hydrogen) atoms. The van der Waals surface area contributed by atoms with Gasteiger partial charge in [0.1, 0.15) is 0 Å². The molecule has 1 aliphatic rings. The lowest BCUT2D eigenvalue weighted by atomic mass is 10.1. The molecule has 0 atom stereocenters. The first kappa shape index (κ1) is 21.7. The van der Waals surface area contributed by atoms with Crippen molar-refractivity contribution in [1.29, 1.82) is 0 Å². The van der Waals surface area contributed by atoms with Crippen molar-refractivity contribution in [3.8, 4) is 5.69 Å². The largest absolute Gasteiger partial charge is 0.465 e. The molecule has 3 aromatic rings. The van der Waals surface area contributed by atoms with Gasteiger partial charge in [-0.1, -0.05) is 29.8 Å². The van der Waals surface area contributed by atoms with Crippen LogP contribution in [-0.4, -0.2) is 45.8 Å². The van der Waals surface area contributed by atoms with Crippen LogP contribution >= 0.6 is 11.6 Å². The van der Waals surface area contributed by atoms with Crippen LogP contribution in [0.4, 0.5) is 9.59 Å². The summed E-state index contributed by atoms with van der Waals surface area (Å²) in [7, 11) is 0. The molecule has 0 bridgehead atoms. The molecule has 0 unspecified atom stereocenters. The molecule has 3 amide bonds. The minimum Gasteiger partial charge on any atom is -0.465 e. The second-order valence-corrected chi connectivity index (χ2v) is 8.16. The van der Waals surface area contributed by atoms with Crippen LogP contribution in [0.1, 0.15) is 18.4 Å². The van der Waals surface area contributed by atoms with E-state index in [2.05, 4.69) is 10.6 Å². The molecule has 0 saturated carbocycles. The number of para-hydroxylation sites is 1. The maximum atomic E-state index is 13.0. The zero-order valence-electron chi connectivity index (χ0n) is 17.3. The molecule has 1 aliphatic heterocycles. The van der Waals surface area contributed by atoms with Crippen LogP contribution in [-0.2, 0) is 6.54 Å². The van der Waals surface area contributed by atoms with Gasteiger partial charge in [-0.05, 0) is 43.2 Å². The number of piperidine rings is 1. The standard InChI is InChI=1S/C23H23ClN4O4/c24-16-6-7-19-20(12-16)28(18-4-2-1-3-5-18)14-15(21(19)29)13-25-22(30)26-17-8-10-27(11-9-17)23(31)32/h1-7,12,14,17H,8-11,13H2,(H,31,32)(H2,25,26,30). The summed E-state index contributed by atoms with van der Waals surface area (Å²) in [6, 6.07) is 14.2. The van der Waals surface area contributed by atoms with Gasteiger partial charge in [0.25, 0.3) is 0 Å². The normalized spacial score (nSPS) is 14.3. The third-order valence-electron chi connectivity index (χ3n) is 5.61. The number of aromatic nitrogens is 1. The maximum Gasteiger partial charge on any atom is 0.407 e. The first-order valence-electron chi connectivity index (χ1n) is 10.3. The van der Waals surface area contributed by atoms with E-state index in [0.29, 0.717) is 47.4 Å². The minimum atomic E-state index is -0.944. The Hall–Kier alpha value is -3.52. The first-order valence-corrected chi connectivity index (χ1v) is 10.7. The predicted molar refractivity (Wildman–Crippen MR) is 123 cm³/mol. The zero-order valence-corrected chi connectivity index (χ0v) is 18.0. The first-order chi connectivity index (χ1) is 15.4. The maximum absolute atomic E-state index is 13.0. The molecule has 1 fully saturated rings. The third-order valence-corrected chi connectivity index (χ3v) is 5.85. The van der Waals surface area contributed by atoms with Crippen LogP contribution in [0, 0.1) is 0 Å². The zero-order chi connectivity index (χ0) is 22.7. The monoisotopic (exact) mass is 454 g/mol. The Bertz CT molecular complexity index is 1200. The smallest absolute Gasteiger partial charge is 0.407 e. The van der Waals surface area contributed by atoms with E-state index in [1.807, 2.05) is 34.9 Å². The SMILES string of the molecule is O=C(NCc1cn(-c2ccccc2)c2cc(Cl)ccc2c1=O)NC1CCN(C(=O)O)CC1. The molecule has 9 heteroatoms. The van der Waals surface area contributed by atoms with Gasteiger partial charge >= 0.3 is 12.1 Å².